The monoisotopic (exact) mass is 184 g/mol. The number of phenolic OH excluding ortho intramolecular Hbond substituents is 1. The molecule has 0 amide bonds. The number of benzene rings is 1. The first-order chi connectivity index (χ1) is 6.25. The Hall–Kier alpha value is -1.55. The van der Waals surface area contributed by atoms with Crippen molar-refractivity contribution in [3.63, 3.8) is 0 Å². The molecular formula is C9H12O4. The number of hydrogen-bond acceptors (Lipinski definition) is 4. The number of aliphatic hydroxyl groups is 1. The fourth-order valence-electron chi connectivity index (χ4n) is 0.756. The maximum atomic E-state index is 10.9. The van der Waals surface area contributed by atoms with Crippen LogP contribution in [0, 0.1) is 0 Å². The number of rotatable bonds is 1. The van der Waals surface area contributed by atoms with Crippen molar-refractivity contribution < 1.29 is 19.7 Å². The Kier molecular flexibility index (Phi) is 5.30. The Morgan fingerprint density at radius 2 is 1.85 bits per heavy atom. The maximum Gasteiger partial charge on any atom is 0.341 e. The Morgan fingerprint density at radius 3 is 2.31 bits per heavy atom. The Morgan fingerprint density at radius 1 is 1.31 bits per heavy atom. The predicted octanol–water partition coefficient (Wildman–Crippen LogP) is 0.787. The molecule has 0 spiro atoms. The van der Waals surface area contributed by atoms with Crippen molar-refractivity contribution in [2.45, 2.75) is 0 Å². The van der Waals surface area contributed by atoms with Gasteiger partial charge < -0.3 is 14.9 Å². The van der Waals surface area contributed by atoms with E-state index in [9.17, 15) is 4.79 Å². The molecule has 0 fully saturated rings. The lowest BCUT2D eigenvalue weighted by atomic mass is 10.2. The molecule has 1 aromatic rings. The van der Waals surface area contributed by atoms with E-state index in [1.807, 2.05) is 0 Å². The molecule has 1 aromatic carbocycles. The first kappa shape index (κ1) is 11.4. The summed E-state index contributed by atoms with van der Waals surface area (Å²) in [4.78, 5) is 10.9. The minimum Gasteiger partial charge on any atom is -0.507 e. The molecule has 0 aliphatic heterocycles. The molecule has 13 heavy (non-hydrogen) atoms. The van der Waals surface area contributed by atoms with E-state index in [1.165, 1.54) is 19.2 Å². The van der Waals surface area contributed by atoms with Crippen molar-refractivity contribution in [1.29, 1.82) is 0 Å². The molecule has 0 bridgehead atoms. The van der Waals surface area contributed by atoms with Crippen molar-refractivity contribution in [2.75, 3.05) is 14.2 Å². The van der Waals surface area contributed by atoms with Gasteiger partial charge in [-0.3, -0.25) is 0 Å². The van der Waals surface area contributed by atoms with Crippen LogP contribution in [0.2, 0.25) is 0 Å². The molecule has 0 aliphatic carbocycles. The molecule has 0 heterocycles. The number of aromatic hydroxyl groups is 1. The molecule has 0 atom stereocenters. The fraction of sp³-hybridized carbons (Fsp3) is 0.222. The average Bonchev–Trinajstić information content (AvgIpc) is 2.20. The first-order valence-electron chi connectivity index (χ1n) is 3.56. The summed E-state index contributed by atoms with van der Waals surface area (Å²) in [6.07, 6.45) is 0. The third-order valence-corrected chi connectivity index (χ3v) is 1.31. The second-order valence-electron chi connectivity index (χ2n) is 2.01. The van der Waals surface area contributed by atoms with Gasteiger partial charge in [0.1, 0.15) is 11.3 Å². The summed E-state index contributed by atoms with van der Waals surface area (Å²) in [6, 6.07) is 6.24. The van der Waals surface area contributed by atoms with Gasteiger partial charge in [0.25, 0.3) is 0 Å². The van der Waals surface area contributed by atoms with Crippen LogP contribution in [0.1, 0.15) is 10.4 Å². The lowest BCUT2D eigenvalue weighted by Gasteiger charge is -1.99. The van der Waals surface area contributed by atoms with Crippen LogP contribution in [0.3, 0.4) is 0 Å². The maximum absolute atomic E-state index is 10.9. The highest BCUT2D eigenvalue weighted by atomic mass is 16.5. The molecule has 2 N–H and O–H groups in total. The predicted molar refractivity (Wildman–Crippen MR) is 47.6 cm³/mol. The van der Waals surface area contributed by atoms with Crippen molar-refractivity contribution in [3.8, 4) is 5.75 Å². The topological polar surface area (TPSA) is 66.8 Å². The van der Waals surface area contributed by atoms with E-state index in [4.69, 9.17) is 10.2 Å². The number of aliphatic hydroxyl groups excluding tert-OH is 1. The summed E-state index contributed by atoms with van der Waals surface area (Å²) in [6.45, 7) is 0. The number of methoxy groups -OCH3 is 1. The number of hydrogen-bond donors (Lipinski definition) is 2. The number of carbonyl (C=O) groups excluding carboxylic acids is 1. The van der Waals surface area contributed by atoms with E-state index in [0.29, 0.717) is 0 Å². The summed E-state index contributed by atoms with van der Waals surface area (Å²) in [5, 5.41) is 16.1. The molecule has 0 unspecified atom stereocenters. The minimum absolute atomic E-state index is 0.0562. The van der Waals surface area contributed by atoms with Gasteiger partial charge in [0.05, 0.1) is 7.11 Å². The van der Waals surface area contributed by atoms with Gasteiger partial charge in [-0.05, 0) is 12.1 Å². The number of phenols is 1. The summed E-state index contributed by atoms with van der Waals surface area (Å²) in [7, 11) is 2.27. The van der Waals surface area contributed by atoms with E-state index in [1.54, 1.807) is 12.1 Å². The number of para-hydroxylation sites is 1. The SMILES string of the molecule is CO.COC(=O)c1ccccc1O. The van der Waals surface area contributed by atoms with Gasteiger partial charge in [-0.25, -0.2) is 4.79 Å². The first-order valence-corrected chi connectivity index (χ1v) is 3.56. The highest BCUT2D eigenvalue weighted by Crippen LogP contribution is 2.15. The second kappa shape index (κ2) is 6.02. The highest BCUT2D eigenvalue weighted by molar-refractivity contribution is 5.92. The Labute approximate surface area is 76.4 Å². The largest absolute Gasteiger partial charge is 0.507 e. The number of ether oxygens (including phenoxy) is 1. The standard InChI is InChI=1S/C8H8O3.CH4O/c1-11-8(10)6-4-2-3-5-7(6)9;1-2/h2-5,9H,1H3;2H,1H3. The zero-order valence-corrected chi connectivity index (χ0v) is 7.52. The molecule has 0 saturated carbocycles. The normalized spacial score (nSPS) is 8.23. The molecule has 0 aliphatic rings. The quantitative estimate of drug-likeness (QED) is 0.633. The van der Waals surface area contributed by atoms with Gasteiger partial charge in [-0.2, -0.15) is 0 Å². The lowest BCUT2D eigenvalue weighted by Crippen LogP contribution is -2.00. The van der Waals surface area contributed by atoms with Gasteiger partial charge in [-0.1, -0.05) is 12.1 Å². The van der Waals surface area contributed by atoms with Gasteiger partial charge in [-0.15, -0.1) is 0 Å². The molecule has 0 saturated heterocycles. The van der Waals surface area contributed by atoms with Gasteiger partial charge >= 0.3 is 5.97 Å². The fourth-order valence-corrected chi connectivity index (χ4v) is 0.756. The average molecular weight is 184 g/mol. The Balaban J connectivity index is 0.000000671. The van der Waals surface area contributed by atoms with Crippen molar-refractivity contribution >= 4 is 5.97 Å². The smallest absolute Gasteiger partial charge is 0.341 e. The van der Waals surface area contributed by atoms with Crippen molar-refractivity contribution in [1.82, 2.24) is 0 Å². The van der Waals surface area contributed by atoms with Crippen LogP contribution >= 0.6 is 0 Å². The zero-order valence-electron chi connectivity index (χ0n) is 7.52. The summed E-state index contributed by atoms with van der Waals surface area (Å²) >= 11 is 0. The lowest BCUT2D eigenvalue weighted by molar-refractivity contribution is 0.0597. The minimum atomic E-state index is -0.525. The van der Waals surface area contributed by atoms with Crippen LogP contribution in [0.15, 0.2) is 24.3 Å². The van der Waals surface area contributed by atoms with Crippen LogP contribution < -0.4 is 0 Å². The van der Waals surface area contributed by atoms with Gasteiger partial charge in [0, 0.05) is 7.11 Å². The van der Waals surface area contributed by atoms with Gasteiger partial charge in [0.2, 0.25) is 0 Å². The third-order valence-electron chi connectivity index (χ3n) is 1.31. The van der Waals surface area contributed by atoms with E-state index in [-0.39, 0.29) is 11.3 Å². The van der Waals surface area contributed by atoms with Crippen LogP contribution in [0.5, 0.6) is 5.75 Å². The molecule has 4 heteroatoms. The van der Waals surface area contributed by atoms with E-state index in [2.05, 4.69) is 4.74 Å². The highest BCUT2D eigenvalue weighted by Gasteiger charge is 2.08. The zero-order chi connectivity index (χ0) is 10.3. The van der Waals surface area contributed by atoms with Crippen LogP contribution in [0.25, 0.3) is 0 Å². The summed E-state index contributed by atoms with van der Waals surface area (Å²) in [5.41, 5.74) is 0.190. The third kappa shape index (κ3) is 3.13. The Bertz CT molecular complexity index is 270. The summed E-state index contributed by atoms with van der Waals surface area (Å²) in [5.74, 6) is -0.581. The molecule has 0 aromatic heterocycles. The molecule has 4 nitrogen and oxygen atoms in total. The van der Waals surface area contributed by atoms with Crippen LogP contribution in [-0.2, 0) is 4.74 Å². The van der Waals surface area contributed by atoms with E-state index >= 15 is 0 Å². The molecule has 1 rings (SSSR count). The molecule has 0 radical (unpaired) electrons. The molecular weight excluding hydrogens is 172 g/mol. The second-order valence-corrected chi connectivity index (χ2v) is 2.01. The van der Waals surface area contributed by atoms with Crippen LogP contribution in [0.4, 0.5) is 0 Å². The molecule has 72 valence electrons. The van der Waals surface area contributed by atoms with E-state index < -0.39 is 5.97 Å². The van der Waals surface area contributed by atoms with Crippen LogP contribution in [-0.4, -0.2) is 30.4 Å². The van der Waals surface area contributed by atoms with Gasteiger partial charge in [0.15, 0.2) is 0 Å². The van der Waals surface area contributed by atoms with Crippen molar-refractivity contribution in [3.05, 3.63) is 29.8 Å². The number of esters is 1. The van der Waals surface area contributed by atoms with E-state index in [0.717, 1.165) is 7.11 Å². The summed E-state index contributed by atoms with van der Waals surface area (Å²) < 4.78 is 4.42. The number of carbonyl (C=O) groups is 1. The van der Waals surface area contributed by atoms with Crippen molar-refractivity contribution in [2.24, 2.45) is 0 Å².